The number of hydrogen-bond acceptors (Lipinski definition) is 7. The lowest BCUT2D eigenvalue weighted by Crippen LogP contribution is -2.06. The highest BCUT2D eigenvalue weighted by molar-refractivity contribution is 6.32. The summed E-state index contributed by atoms with van der Waals surface area (Å²) in [6.07, 6.45) is 1.52. The second kappa shape index (κ2) is 8.35. The first kappa shape index (κ1) is 17.8. The van der Waals surface area contributed by atoms with Crippen LogP contribution in [0.3, 0.4) is 0 Å². The summed E-state index contributed by atoms with van der Waals surface area (Å²) in [5, 5.41) is 14.7. The van der Waals surface area contributed by atoms with Gasteiger partial charge in [0, 0.05) is 18.7 Å². The number of aromatic nitrogens is 3. The summed E-state index contributed by atoms with van der Waals surface area (Å²) in [4.78, 5) is 4.41. The predicted octanol–water partition coefficient (Wildman–Crippen LogP) is 3.90. The summed E-state index contributed by atoms with van der Waals surface area (Å²) < 4.78 is 10.6. The Balaban J connectivity index is 1.76. The lowest BCUT2D eigenvalue weighted by molar-refractivity contribution is 0.405. The largest absolute Gasteiger partial charge is 0.495 e. The molecule has 0 aliphatic heterocycles. The van der Waals surface area contributed by atoms with Crippen molar-refractivity contribution in [3.63, 3.8) is 0 Å². The fourth-order valence-corrected chi connectivity index (χ4v) is 2.54. The average Bonchev–Trinajstić information content (AvgIpc) is 2.68. The van der Waals surface area contributed by atoms with Crippen molar-refractivity contribution in [1.82, 2.24) is 15.2 Å². The van der Waals surface area contributed by atoms with Gasteiger partial charge in [-0.3, -0.25) is 0 Å². The predicted molar refractivity (Wildman–Crippen MR) is 101 cm³/mol. The topological polar surface area (TPSA) is 81.2 Å². The van der Waals surface area contributed by atoms with Gasteiger partial charge < -0.3 is 20.1 Å². The van der Waals surface area contributed by atoms with Crippen LogP contribution in [0.25, 0.3) is 0 Å². The number of anilines is 3. The van der Waals surface area contributed by atoms with Crippen LogP contribution in [-0.4, -0.2) is 29.4 Å². The van der Waals surface area contributed by atoms with E-state index >= 15 is 0 Å². The molecule has 0 spiro atoms. The Morgan fingerprint density at radius 1 is 1.04 bits per heavy atom. The van der Waals surface area contributed by atoms with E-state index in [0.29, 0.717) is 40.5 Å². The van der Waals surface area contributed by atoms with Gasteiger partial charge in [0.2, 0.25) is 5.95 Å². The third-order valence-corrected chi connectivity index (χ3v) is 3.88. The van der Waals surface area contributed by atoms with Crippen LogP contribution in [0, 0.1) is 0 Å². The normalized spacial score (nSPS) is 10.3. The first-order valence-electron chi connectivity index (χ1n) is 7.85. The minimum absolute atomic E-state index is 0.416. The van der Waals surface area contributed by atoms with Crippen molar-refractivity contribution in [2.45, 2.75) is 6.54 Å². The van der Waals surface area contributed by atoms with Gasteiger partial charge in [0.15, 0.2) is 5.82 Å². The van der Waals surface area contributed by atoms with Crippen molar-refractivity contribution >= 4 is 29.1 Å². The van der Waals surface area contributed by atoms with Crippen molar-refractivity contribution in [2.24, 2.45) is 0 Å². The molecule has 0 unspecified atom stereocenters. The highest BCUT2D eigenvalue weighted by Gasteiger charge is 2.11. The van der Waals surface area contributed by atoms with Crippen LogP contribution < -0.4 is 20.1 Å². The minimum atomic E-state index is 0.416. The Hall–Kier alpha value is -3.06. The van der Waals surface area contributed by atoms with Gasteiger partial charge >= 0.3 is 0 Å². The van der Waals surface area contributed by atoms with Crippen LogP contribution in [0.4, 0.5) is 17.5 Å². The lowest BCUT2D eigenvalue weighted by atomic mass is 10.2. The molecule has 134 valence electrons. The highest BCUT2D eigenvalue weighted by Crippen LogP contribution is 2.37. The van der Waals surface area contributed by atoms with Crippen molar-refractivity contribution < 1.29 is 9.47 Å². The van der Waals surface area contributed by atoms with E-state index in [0.717, 1.165) is 5.56 Å². The second-order valence-corrected chi connectivity index (χ2v) is 5.72. The van der Waals surface area contributed by atoms with Crippen LogP contribution >= 0.6 is 11.6 Å². The number of methoxy groups -OCH3 is 2. The van der Waals surface area contributed by atoms with Gasteiger partial charge in [0.25, 0.3) is 0 Å². The summed E-state index contributed by atoms with van der Waals surface area (Å²) in [7, 11) is 3.11. The maximum absolute atomic E-state index is 6.13. The Morgan fingerprint density at radius 2 is 1.81 bits per heavy atom. The molecule has 1 heterocycles. The van der Waals surface area contributed by atoms with E-state index < -0.39 is 0 Å². The summed E-state index contributed by atoms with van der Waals surface area (Å²) in [5.41, 5.74) is 1.78. The molecule has 3 rings (SSSR count). The molecular weight excluding hydrogens is 354 g/mol. The molecule has 0 atom stereocenters. The molecule has 2 N–H and O–H groups in total. The molecule has 7 nitrogen and oxygen atoms in total. The van der Waals surface area contributed by atoms with E-state index in [2.05, 4.69) is 25.8 Å². The van der Waals surface area contributed by atoms with Crippen LogP contribution in [0.5, 0.6) is 11.5 Å². The standard InChI is InChI=1S/C18H18ClN5O2/c1-25-15-9-14(16(26-2)8-13(15)19)22-17-11-21-24-18(23-17)20-10-12-6-4-3-5-7-12/h3-9,11H,10H2,1-2H3,(H2,20,22,23,24). The Bertz CT molecular complexity index is 877. The van der Waals surface area contributed by atoms with Crippen LogP contribution in [0.2, 0.25) is 5.02 Å². The minimum Gasteiger partial charge on any atom is -0.495 e. The molecular formula is C18H18ClN5O2. The van der Waals surface area contributed by atoms with Crippen LogP contribution in [0.1, 0.15) is 5.56 Å². The van der Waals surface area contributed by atoms with E-state index in [9.17, 15) is 0 Å². The lowest BCUT2D eigenvalue weighted by Gasteiger charge is -2.13. The van der Waals surface area contributed by atoms with Crippen molar-refractivity contribution in [3.05, 3.63) is 59.2 Å². The van der Waals surface area contributed by atoms with Crippen LogP contribution in [-0.2, 0) is 6.54 Å². The van der Waals surface area contributed by atoms with Gasteiger partial charge in [-0.2, -0.15) is 10.1 Å². The van der Waals surface area contributed by atoms with E-state index in [1.807, 2.05) is 30.3 Å². The van der Waals surface area contributed by atoms with Crippen molar-refractivity contribution in [2.75, 3.05) is 24.9 Å². The average molecular weight is 372 g/mol. The molecule has 0 radical (unpaired) electrons. The van der Waals surface area contributed by atoms with Gasteiger partial charge in [0.1, 0.15) is 11.5 Å². The van der Waals surface area contributed by atoms with Gasteiger partial charge in [-0.25, -0.2) is 0 Å². The molecule has 8 heteroatoms. The zero-order valence-electron chi connectivity index (χ0n) is 14.4. The number of ether oxygens (including phenoxy) is 2. The molecule has 3 aromatic rings. The first-order chi connectivity index (χ1) is 12.7. The molecule has 0 saturated carbocycles. The molecule has 2 aromatic carbocycles. The van der Waals surface area contributed by atoms with E-state index in [1.165, 1.54) is 6.20 Å². The van der Waals surface area contributed by atoms with Crippen molar-refractivity contribution in [3.8, 4) is 11.5 Å². The number of hydrogen-bond donors (Lipinski definition) is 2. The molecule has 0 fully saturated rings. The molecule has 26 heavy (non-hydrogen) atoms. The third-order valence-electron chi connectivity index (χ3n) is 3.59. The maximum atomic E-state index is 6.13. The SMILES string of the molecule is COc1cc(Nc2cnnc(NCc3ccccc3)n2)c(OC)cc1Cl. The molecule has 0 aliphatic rings. The zero-order valence-corrected chi connectivity index (χ0v) is 15.1. The fourth-order valence-electron chi connectivity index (χ4n) is 2.31. The van der Waals surface area contributed by atoms with Crippen molar-refractivity contribution in [1.29, 1.82) is 0 Å². The second-order valence-electron chi connectivity index (χ2n) is 5.32. The number of halogens is 1. The molecule has 0 bridgehead atoms. The molecule has 0 saturated heterocycles. The van der Waals surface area contributed by atoms with Crippen LogP contribution in [0.15, 0.2) is 48.7 Å². The quantitative estimate of drug-likeness (QED) is 0.651. The molecule has 1 aromatic heterocycles. The summed E-state index contributed by atoms with van der Waals surface area (Å²) >= 11 is 6.13. The van der Waals surface area contributed by atoms with E-state index in [1.54, 1.807) is 26.4 Å². The molecule has 0 aliphatic carbocycles. The van der Waals surface area contributed by atoms with Gasteiger partial charge in [-0.15, -0.1) is 5.10 Å². The Morgan fingerprint density at radius 3 is 2.54 bits per heavy atom. The summed E-state index contributed by atoms with van der Waals surface area (Å²) in [6.45, 7) is 0.601. The number of rotatable bonds is 7. The van der Waals surface area contributed by atoms with Gasteiger partial charge in [-0.05, 0) is 5.56 Å². The summed E-state index contributed by atoms with van der Waals surface area (Å²) in [5.74, 6) is 2.02. The number of benzene rings is 2. The van der Waals surface area contributed by atoms with Gasteiger partial charge in [0.05, 0.1) is 31.1 Å². The highest BCUT2D eigenvalue weighted by atomic mass is 35.5. The zero-order chi connectivity index (χ0) is 18.4. The molecule has 0 amide bonds. The number of nitrogens with zero attached hydrogens (tertiary/aromatic N) is 3. The monoisotopic (exact) mass is 371 g/mol. The first-order valence-corrected chi connectivity index (χ1v) is 8.23. The van der Waals surface area contributed by atoms with Gasteiger partial charge in [-0.1, -0.05) is 41.9 Å². The van der Waals surface area contributed by atoms with E-state index in [-0.39, 0.29) is 0 Å². The Kier molecular flexibility index (Phi) is 5.70. The summed E-state index contributed by atoms with van der Waals surface area (Å²) in [6, 6.07) is 13.4. The third kappa shape index (κ3) is 4.31. The Labute approximate surface area is 156 Å². The smallest absolute Gasteiger partial charge is 0.244 e. The number of nitrogens with one attached hydrogen (secondary N) is 2. The fraction of sp³-hybridized carbons (Fsp3) is 0.167. The van der Waals surface area contributed by atoms with E-state index in [4.69, 9.17) is 21.1 Å². The maximum Gasteiger partial charge on any atom is 0.244 e.